The van der Waals surface area contributed by atoms with Gasteiger partial charge in [0.25, 0.3) is 5.69 Å². The fourth-order valence-corrected chi connectivity index (χ4v) is 3.95. The zero-order valence-electron chi connectivity index (χ0n) is 11.3. The molecule has 0 spiro atoms. The summed E-state index contributed by atoms with van der Waals surface area (Å²) in [4.78, 5) is 10.4. The molecule has 1 saturated heterocycles. The van der Waals surface area contributed by atoms with Crippen LogP contribution in [0.1, 0.15) is 18.4 Å². The lowest BCUT2D eigenvalue weighted by molar-refractivity contribution is -0.385. The van der Waals surface area contributed by atoms with Crippen LogP contribution >= 0.6 is 0 Å². The van der Waals surface area contributed by atoms with Gasteiger partial charge < -0.3 is 0 Å². The number of hydrogen-bond donors (Lipinski definition) is 0. The Balaban J connectivity index is 2.16. The van der Waals surface area contributed by atoms with Gasteiger partial charge in [-0.1, -0.05) is 18.2 Å². The van der Waals surface area contributed by atoms with Crippen molar-refractivity contribution >= 4 is 15.7 Å². The minimum atomic E-state index is -3.60. The number of nitro groups is 1. The molecule has 0 aliphatic carbocycles. The molecule has 0 unspecified atom stereocenters. The molecule has 0 aromatic heterocycles. The monoisotopic (exact) mass is 309 g/mol. The highest BCUT2D eigenvalue weighted by atomic mass is 32.2. The lowest BCUT2D eigenvalue weighted by Gasteiger charge is -2.28. The summed E-state index contributed by atoms with van der Waals surface area (Å²) in [6.07, 6.45) is 1.01. The van der Waals surface area contributed by atoms with E-state index in [2.05, 4.69) is 6.07 Å². The Bertz CT molecular complexity index is 673. The van der Waals surface area contributed by atoms with Crippen LogP contribution in [0.4, 0.5) is 5.69 Å². The smallest absolute Gasteiger partial charge is 0.258 e. The zero-order valence-corrected chi connectivity index (χ0v) is 12.1. The second-order valence-electron chi connectivity index (χ2n) is 4.94. The van der Waals surface area contributed by atoms with E-state index in [1.54, 1.807) is 6.07 Å². The molecule has 7 nitrogen and oxygen atoms in total. The van der Waals surface area contributed by atoms with Gasteiger partial charge in [-0.2, -0.15) is 5.26 Å². The van der Waals surface area contributed by atoms with Crippen LogP contribution in [0, 0.1) is 27.4 Å². The molecule has 1 aromatic carbocycles. The Morgan fingerprint density at radius 1 is 1.33 bits per heavy atom. The summed E-state index contributed by atoms with van der Waals surface area (Å²) in [6.45, 7) is 0.586. The minimum Gasteiger partial charge on any atom is -0.258 e. The average Bonchev–Trinajstić information content (AvgIpc) is 2.47. The number of benzene rings is 1. The molecule has 1 fully saturated rings. The maximum absolute atomic E-state index is 12.3. The van der Waals surface area contributed by atoms with Gasteiger partial charge >= 0.3 is 0 Å². The predicted molar refractivity (Wildman–Crippen MR) is 75.6 cm³/mol. The quantitative estimate of drug-likeness (QED) is 0.621. The van der Waals surface area contributed by atoms with Crippen LogP contribution in [0.5, 0.6) is 0 Å². The minimum absolute atomic E-state index is 0.109. The maximum atomic E-state index is 12.3. The summed E-state index contributed by atoms with van der Waals surface area (Å²) in [6, 6.07) is 7.98. The van der Waals surface area contributed by atoms with E-state index in [1.165, 1.54) is 22.5 Å². The van der Waals surface area contributed by atoms with E-state index in [0.29, 0.717) is 25.9 Å². The Kier molecular flexibility index (Phi) is 4.55. The third-order valence-electron chi connectivity index (χ3n) is 3.56. The standard InChI is InChI=1S/C13H15N3O4S/c14-9-11-5-7-15(8-6-11)21(19,20)10-12-3-1-2-4-13(12)16(17)18/h1-4,11H,5-8,10H2. The van der Waals surface area contributed by atoms with E-state index < -0.39 is 14.9 Å². The highest BCUT2D eigenvalue weighted by Gasteiger charge is 2.29. The summed E-state index contributed by atoms with van der Waals surface area (Å²) >= 11 is 0. The molecule has 1 aliphatic rings. The zero-order chi connectivity index (χ0) is 15.5. The van der Waals surface area contributed by atoms with Crippen molar-refractivity contribution in [2.75, 3.05) is 13.1 Å². The molecule has 1 aromatic rings. The first-order valence-electron chi connectivity index (χ1n) is 6.54. The number of rotatable bonds is 4. The molecule has 0 bridgehead atoms. The number of hydrogen-bond acceptors (Lipinski definition) is 5. The Morgan fingerprint density at radius 3 is 2.52 bits per heavy atom. The van der Waals surface area contributed by atoms with E-state index in [0.717, 1.165) is 0 Å². The summed E-state index contributed by atoms with van der Waals surface area (Å²) in [5.74, 6) is -0.496. The predicted octanol–water partition coefficient (Wildman–Crippen LogP) is 1.66. The molecular formula is C13H15N3O4S. The van der Waals surface area contributed by atoms with Gasteiger partial charge in [0.2, 0.25) is 10.0 Å². The van der Waals surface area contributed by atoms with Crippen LogP contribution in [0.2, 0.25) is 0 Å². The van der Waals surface area contributed by atoms with Crippen molar-refractivity contribution < 1.29 is 13.3 Å². The van der Waals surface area contributed by atoms with E-state index in [-0.39, 0.29) is 22.9 Å². The molecule has 0 atom stereocenters. The van der Waals surface area contributed by atoms with Gasteiger partial charge in [-0.05, 0) is 12.8 Å². The molecule has 8 heteroatoms. The third kappa shape index (κ3) is 3.56. The van der Waals surface area contributed by atoms with Gasteiger partial charge in [0.1, 0.15) is 0 Å². The van der Waals surface area contributed by atoms with Crippen molar-refractivity contribution in [3.05, 3.63) is 39.9 Å². The Morgan fingerprint density at radius 2 is 1.95 bits per heavy atom. The topological polar surface area (TPSA) is 104 Å². The van der Waals surface area contributed by atoms with Crippen molar-refractivity contribution in [3.8, 4) is 6.07 Å². The third-order valence-corrected chi connectivity index (χ3v) is 5.38. The van der Waals surface area contributed by atoms with Crippen LogP contribution in [-0.2, 0) is 15.8 Å². The molecule has 0 N–H and O–H groups in total. The van der Waals surface area contributed by atoms with Crippen molar-refractivity contribution in [2.24, 2.45) is 5.92 Å². The number of para-hydroxylation sites is 1. The molecule has 21 heavy (non-hydrogen) atoms. The van der Waals surface area contributed by atoms with Gasteiger partial charge in [0.15, 0.2) is 0 Å². The first-order chi connectivity index (χ1) is 9.94. The van der Waals surface area contributed by atoms with Gasteiger partial charge in [0, 0.05) is 30.6 Å². The molecule has 1 aliphatic heterocycles. The molecule has 112 valence electrons. The molecule has 0 saturated carbocycles. The second kappa shape index (κ2) is 6.20. The van der Waals surface area contributed by atoms with Gasteiger partial charge in [-0.25, -0.2) is 12.7 Å². The van der Waals surface area contributed by atoms with Crippen molar-refractivity contribution in [2.45, 2.75) is 18.6 Å². The number of nitro benzene ring substituents is 1. The highest BCUT2D eigenvalue weighted by Crippen LogP contribution is 2.24. The van der Waals surface area contributed by atoms with E-state index in [4.69, 9.17) is 5.26 Å². The molecular weight excluding hydrogens is 294 g/mol. The second-order valence-corrected chi connectivity index (χ2v) is 6.91. The fourth-order valence-electron chi connectivity index (χ4n) is 2.36. The molecule has 0 radical (unpaired) electrons. The van der Waals surface area contributed by atoms with Crippen LogP contribution in [0.25, 0.3) is 0 Å². The number of nitriles is 1. The average molecular weight is 309 g/mol. The van der Waals surface area contributed by atoms with Gasteiger partial charge in [-0.3, -0.25) is 10.1 Å². The van der Waals surface area contributed by atoms with Gasteiger partial charge in [-0.15, -0.1) is 0 Å². The fraction of sp³-hybridized carbons (Fsp3) is 0.462. The van der Waals surface area contributed by atoms with Gasteiger partial charge in [0.05, 0.1) is 16.7 Å². The van der Waals surface area contributed by atoms with Crippen LogP contribution < -0.4 is 0 Å². The number of nitrogens with zero attached hydrogens (tertiary/aromatic N) is 3. The van der Waals surface area contributed by atoms with E-state index in [9.17, 15) is 18.5 Å². The molecule has 0 amide bonds. The maximum Gasteiger partial charge on any atom is 0.273 e. The van der Waals surface area contributed by atoms with E-state index in [1.807, 2.05) is 0 Å². The number of sulfonamides is 1. The number of piperidine rings is 1. The first-order valence-corrected chi connectivity index (χ1v) is 8.14. The van der Waals surface area contributed by atoms with Crippen molar-refractivity contribution in [1.82, 2.24) is 4.31 Å². The lowest BCUT2D eigenvalue weighted by atomic mass is 10.0. The molecule has 2 rings (SSSR count). The van der Waals surface area contributed by atoms with E-state index >= 15 is 0 Å². The summed E-state index contributed by atoms with van der Waals surface area (Å²) in [5.41, 5.74) is -0.00195. The van der Waals surface area contributed by atoms with Crippen molar-refractivity contribution in [3.63, 3.8) is 0 Å². The lowest BCUT2D eigenvalue weighted by Crippen LogP contribution is -2.38. The summed E-state index contributed by atoms with van der Waals surface area (Å²) in [5, 5.41) is 19.7. The van der Waals surface area contributed by atoms with Crippen molar-refractivity contribution in [1.29, 1.82) is 5.26 Å². The molecule has 1 heterocycles. The highest BCUT2D eigenvalue weighted by molar-refractivity contribution is 7.88. The van der Waals surface area contributed by atoms with Crippen LogP contribution in [0.3, 0.4) is 0 Å². The summed E-state index contributed by atoms with van der Waals surface area (Å²) in [7, 11) is -3.60. The SMILES string of the molecule is N#CC1CCN(S(=O)(=O)Cc2ccccc2[N+](=O)[O-])CC1. The normalized spacial score (nSPS) is 17.3. The van der Waals surface area contributed by atoms with Crippen LogP contribution in [0.15, 0.2) is 24.3 Å². The largest absolute Gasteiger partial charge is 0.273 e. The first kappa shape index (κ1) is 15.4. The Hall–Kier alpha value is -1.98. The summed E-state index contributed by atoms with van der Waals surface area (Å²) < 4.78 is 26.0. The van der Waals surface area contributed by atoms with Crippen LogP contribution in [-0.4, -0.2) is 30.7 Å². The Labute approximate surface area is 123 Å².